The van der Waals surface area contributed by atoms with Crippen molar-refractivity contribution < 1.29 is 13.9 Å². The van der Waals surface area contributed by atoms with Gasteiger partial charge in [-0.3, -0.25) is 9.69 Å². The van der Waals surface area contributed by atoms with Crippen LogP contribution in [0.15, 0.2) is 48.5 Å². The van der Waals surface area contributed by atoms with E-state index in [-0.39, 0.29) is 24.3 Å². The minimum Gasteiger partial charge on any atom is -0.378 e. The Balaban J connectivity index is 1.52. The minimum atomic E-state index is -0.258. The molecule has 2 aromatic carbocycles. The molecule has 1 aliphatic heterocycles. The highest BCUT2D eigenvalue weighted by Crippen LogP contribution is 2.20. The van der Waals surface area contributed by atoms with E-state index in [0.29, 0.717) is 0 Å². The number of carbonyl (C=O) groups is 1. The zero-order valence-corrected chi connectivity index (χ0v) is 15.8. The van der Waals surface area contributed by atoms with Crippen molar-refractivity contribution in [2.75, 3.05) is 50.1 Å². The van der Waals surface area contributed by atoms with Crippen LogP contribution in [0.4, 0.5) is 15.8 Å². The van der Waals surface area contributed by atoms with Crippen LogP contribution in [0, 0.1) is 5.82 Å². The SMILES string of the molecule is CC(c1ccc(F)cc1)N(C)CC(=O)Nc1ccc(N2CCOCC2)cc1. The fourth-order valence-electron chi connectivity index (χ4n) is 3.14. The number of nitrogens with one attached hydrogen (secondary N) is 1. The molecule has 0 aromatic heterocycles. The van der Waals surface area contributed by atoms with Crippen molar-refractivity contribution >= 4 is 17.3 Å². The van der Waals surface area contributed by atoms with Crippen molar-refractivity contribution in [1.82, 2.24) is 4.90 Å². The number of hydrogen-bond donors (Lipinski definition) is 1. The van der Waals surface area contributed by atoms with E-state index in [4.69, 9.17) is 4.74 Å². The maximum Gasteiger partial charge on any atom is 0.238 e. The van der Waals surface area contributed by atoms with E-state index in [1.807, 2.05) is 43.1 Å². The second-order valence-electron chi connectivity index (χ2n) is 6.84. The van der Waals surface area contributed by atoms with Crippen molar-refractivity contribution in [3.8, 4) is 0 Å². The van der Waals surface area contributed by atoms with Gasteiger partial charge in [-0.2, -0.15) is 0 Å². The second-order valence-corrected chi connectivity index (χ2v) is 6.84. The van der Waals surface area contributed by atoms with E-state index in [1.165, 1.54) is 12.1 Å². The summed E-state index contributed by atoms with van der Waals surface area (Å²) in [4.78, 5) is 16.6. The first-order chi connectivity index (χ1) is 13.0. The van der Waals surface area contributed by atoms with Crippen LogP contribution in [0.25, 0.3) is 0 Å². The van der Waals surface area contributed by atoms with Gasteiger partial charge in [-0.1, -0.05) is 12.1 Å². The van der Waals surface area contributed by atoms with Crippen LogP contribution in [0.1, 0.15) is 18.5 Å². The minimum absolute atomic E-state index is 0.0139. The van der Waals surface area contributed by atoms with E-state index >= 15 is 0 Å². The first-order valence-electron chi connectivity index (χ1n) is 9.21. The summed E-state index contributed by atoms with van der Waals surface area (Å²) in [5.41, 5.74) is 2.89. The third-order valence-electron chi connectivity index (χ3n) is 4.93. The molecule has 1 fully saturated rings. The molecule has 0 spiro atoms. The number of carbonyl (C=O) groups excluding carboxylic acids is 1. The van der Waals surface area contributed by atoms with Gasteiger partial charge in [-0.05, 0) is 55.9 Å². The van der Waals surface area contributed by atoms with E-state index < -0.39 is 0 Å². The first-order valence-corrected chi connectivity index (χ1v) is 9.21. The standard InChI is InChI=1S/C21H26FN3O2/c1-16(17-3-5-18(22)6-4-17)24(2)15-21(26)23-19-7-9-20(10-8-19)25-11-13-27-14-12-25/h3-10,16H,11-15H2,1-2H3,(H,23,26). The summed E-state index contributed by atoms with van der Waals surface area (Å²) in [7, 11) is 1.88. The summed E-state index contributed by atoms with van der Waals surface area (Å²) in [6, 6.07) is 14.3. The van der Waals surface area contributed by atoms with Crippen molar-refractivity contribution in [2.45, 2.75) is 13.0 Å². The maximum absolute atomic E-state index is 13.1. The maximum atomic E-state index is 13.1. The van der Waals surface area contributed by atoms with Gasteiger partial charge in [0.15, 0.2) is 0 Å². The number of hydrogen-bond acceptors (Lipinski definition) is 4. The van der Waals surface area contributed by atoms with E-state index in [0.717, 1.165) is 43.2 Å². The number of likely N-dealkylation sites (N-methyl/N-ethyl adjacent to an activating group) is 1. The predicted octanol–water partition coefficient (Wildman–Crippen LogP) is 3.29. The summed E-state index contributed by atoms with van der Waals surface area (Å²) in [5, 5.41) is 2.93. The smallest absolute Gasteiger partial charge is 0.238 e. The highest BCUT2D eigenvalue weighted by Gasteiger charge is 2.16. The van der Waals surface area contributed by atoms with Crippen molar-refractivity contribution in [2.24, 2.45) is 0 Å². The molecule has 1 aliphatic rings. The Kier molecular flexibility index (Phi) is 6.42. The molecule has 1 unspecified atom stereocenters. The number of halogens is 1. The van der Waals surface area contributed by atoms with Crippen LogP contribution in [0.5, 0.6) is 0 Å². The Morgan fingerprint density at radius 3 is 2.41 bits per heavy atom. The summed E-state index contributed by atoms with van der Waals surface area (Å²) >= 11 is 0. The van der Waals surface area contributed by atoms with Crippen LogP contribution < -0.4 is 10.2 Å². The third kappa shape index (κ3) is 5.28. The number of anilines is 2. The summed E-state index contributed by atoms with van der Waals surface area (Å²) < 4.78 is 18.4. The first kappa shape index (κ1) is 19.3. The van der Waals surface area contributed by atoms with Gasteiger partial charge in [0.05, 0.1) is 19.8 Å². The number of rotatable bonds is 6. The second kappa shape index (κ2) is 8.97. The Morgan fingerprint density at radius 1 is 1.15 bits per heavy atom. The van der Waals surface area contributed by atoms with Crippen LogP contribution in [-0.4, -0.2) is 50.7 Å². The summed E-state index contributed by atoms with van der Waals surface area (Å²) in [6.45, 7) is 5.52. The van der Waals surface area contributed by atoms with Gasteiger partial charge >= 0.3 is 0 Å². The van der Waals surface area contributed by atoms with Gasteiger partial charge in [-0.25, -0.2) is 4.39 Å². The van der Waals surface area contributed by atoms with Gasteiger partial charge in [0.2, 0.25) is 5.91 Å². The zero-order valence-electron chi connectivity index (χ0n) is 15.8. The Morgan fingerprint density at radius 2 is 1.78 bits per heavy atom. The highest BCUT2D eigenvalue weighted by molar-refractivity contribution is 5.92. The Labute approximate surface area is 159 Å². The average Bonchev–Trinajstić information content (AvgIpc) is 2.69. The molecule has 5 nitrogen and oxygen atoms in total. The average molecular weight is 371 g/mol. The lowest BCUT2D eigenvalue weighted by molar-refractivity contribution is -0.117. The van der Waals surface area contributed by atoms with Crippen LogP contribution in [-0.2, 0) is 9.53 Å². The van der Waals surface area contributed by atoms with Crippen molar-refractivity contribution in [3.63, 3.8) is 0 Å². The molecule has 0 saturated carbocycles. The number of ether oxygens (including phenoxy) is 1. The lowest BCUT2D eigenvalue weighted by atomic mass is 10.1. The number of morpholine rings is 1. The zero-order chi connectivity index (χ0) is 19.2. The highest BCUT2D eigenvalue weighted by atomic mass is 19.1. The largest absolute Gasteiger partial charge is 0.378 e. The molecule has 1 saturated heterocycles. The van der Waals surface area contributed by atoms with E-state index in [2.05, 4.69) is 10.2 Å². The molecule has 1 N–H and O–H groups in total. The predicted molar refractivity (Wildman–Crippen MR) is 106 cm³/mol. The van der Waals surface area contributed by atoms with Gasteiger partial charge in [-0.15, -0.1) is 0 Å². The van der Waals surface area contributed by atoms with Crippen LogP contribution in [0.2, 0.25) is 0 Å². The molecular formula is C21H26FN3O2. The Bertz CT molecular complexity index is 743. The van der Waals surface area contributed by atoms with Gasteiger partial charge in [0, 0.05) is 30.5 Å². The molecule has 0 radical (unpaired) electrons. The molecule has 2 aromatic rings. The quantitative estimate of drug-likeness (QED) is 0.846. The number of amides is 1. The molecule has 0 bridgehead atoms. The summed E-state index contributed by atoms with van der Waals surface area (Å²) in [6.07, 6.45) is 0. The number of benzene rings is 2. The third-order valence-corrected chi connectivity index (χ3v) is 4.93. The lowest BCUT2D eigenvalue weighted by Crippen LogP contribution is -2.36. The van der Waals surface area contributed by atoms with Gasteiger partial charge in [0.25, 0.3) is 0 Å². The number of nitrogens with zero attached hydrogens (tertiary/aromatic N) is 2. The molecule has 1 amide bonds. The monoisotopic (exact) mass is 371 g/mol. The fraction of sp³-hybridized carbons (Fsp3) is 0.381. The lowest BCUT2D eigenvalue weighted by Gasteiger charge is -2.29. The fourth-order valence-corrected chi connectivity index (χ4v) is 3.14. The topological polar surface area (TPSA) is 44.8 Å². The summed E-state index contributed by atoms with van der Waals surface area (Å²) in [5.74, 6) is -0.336. The van der Waals surface area contributed by atoms with Gasteiger partial charge < -0.3 is 15.0 Å². The molecule has 144 valence electrons. The van der Waals surface area contributed by atoms with E-state index in [1.54, 1.807) is 12.1 Å². The molecule has 3 rings (SSSR count). The molecule has 6 heteroatoms. The van der Waals surface area contributed by atoms with Crippen molar-refractivity contribution in [1.29, 1.82) is 0 Å². The molecule has 27 heavy (non-hydrogen) atoms. The van der Waals surface area contributed by atoms with Crippen LogP contribution in [0.3, 0.4) is 0 Å². The molecule has 1 heterocycles. The van der Waals surface area contributed by atoms with Crippen molar-refractivity contribution in [3.05, 3.63) is 59.9 Å². The van der Waals surface area contributed by atoms with E-state index in [9.17, 15) is 9.18 Å². The van der Waals surface area contributed by atoms with Crippen LogP contribution >= 0.6 is 0 Å². The molecule has 1 atom stereocenters. The molecule has 0 aliphatic carbocycles. The molecular weight excluding hydrogens is 345 g/mol. The normalized spacial score (nSPS) is 15.6. The van der Waals surface area contributed by atoms with Gasteiger partial charge in [0.1, 0.15) is 5.82 Å². The Hall–Kier alpha value is -2.44.